The SMILES string of the molecule is CC1(C)O[C@H]2[C@@H](OCc3cccc(C(F)(F)F)c3)C[C@](OCc3cccc(Cl)c3)(C(=O)NCC3CC3)C[C@H]2O1. The molecule has 0 spiro atoms. The highest BCUT2D eigenvalue weighted by Crippen LogP contribution is 2.44. The van der Waals surface area contributed by atoms with E-state index in [9.17, 15) is 18.0 Å². The number of nitrogens with one attached hydrogen (secondary N) is 1. The summed E-state index contributed by atoms with van der Waals surface area (Å²) in [6.07, 6.45) is -3.57. The molecular weight excluding hydrogens is 535 g/mol. The zero-order valence-electron chi connectivity index (χ0n) is 21.9. The van der Waals surface area contributed by atoms with E-state index in [1.807, 2.05) is 12.1 Å². The van der Waals surface area contributed by atoms with Gasteiger partial charge in [0, 0.05) is 24.4 Å². The first kappa shape index (κ1) is 28.4. The van der Waals surface area contributed by atoms with Crippen LogP contribution in [-0.2, 0) is 43.1 Å². The van der Waals surface area contributed by atoms with Crippen LogP contribution in [0.5, 0.6) is 0 Å². The number of carbonyl (C=O) groups excluding carboxylic acids is 1. The first-order chi connectivity index (χ1) is 18.4. The summed E-state index contributed by atoms with van der Waals surface area (Å²) in [5, 5.41) is 3.61. The van der Waals surface area contributed by atoms with Crippen LogP contribution in [0.1, 0.15) is 56.2 Å². The number of rotatable bonds is 9. The lowest BCUT2D eigenvalue weighted by Gasteiger charge is -2.43. The molecule has 212 valence electrons. The molecule has 3 fully saturated rings. The molecule has 6 nitrogen and oxygen atoms in total. The number of alkyl halides is 3. The molecule has 10 heteroatoms. The maximum atomic E-state index is 13.7. The highest BCUT2D eigenvalue weighted by molar-refractivity contribution is 6.30. The Balaban J connectivity index is 1.39. The van der Waals surface area contributed by atoms with Crippen LogP contribution >= 0.6 is 11.6 Å². The van der Waals surface area contributed by atoms with E-state index in [0.717, 1.165) is 30.5 Å². The Labute approximate surface area is 231 Å². The van der Waals surface area contributed by atoms with Gasteiger partial charge in [0.2, 0.25) is 0 Å². The van der Waals surface area contributed by atoms with Gasteiger partial charge in [0.25, 0.3) is 5.91 Å². The van der Waals surface area contributed by atoms with Gasteiger partial charge in [0.05, 0.1) is 31.0 Å². The molecule has 0 unspecified atom stereocenters. The average Bonchev–Trinajstić information content (AvgIpc) is 3.65. The Hall–Kier alpha value is -2.17. The molecule has 5 rings (SSSR count). The molecule has 1 heterocycles. The van der Waals surface area contributed by atoms with E-state index in [0.29, 0.717) is 23.0 Å². The van der Waals surface area contributed by atoms with Gasteiger partial charge in [-0.1, -0.05) is 35.9 Å². The number of amides is 1. The average molecular weight is 568 g/mol. The predicted octanol–water partition coefficient (Wildman–Crippen LogP) is 6.04. The zero-order valence-corrected chi connectivity index (χ0v) is 22.7. The van der Waals surface area contributed by atoms with Crippen molar-refractivity contribution in [1.29, 1.82) is 0 Å². The van der Waals surface area contributed by atoms with Crippen molar-refractivity contribution < 1.29 is 36.9 Å². The lowest BCUT2D eigenvalue weighted by atomic mass is 9.78. The van der Waals surface area contributed by atoms with Gasteiger partial charge in [-0.2, -0.15) is 13.2 Å². The van der Waals surface area contributed by atoms with Crippen molar-refractivity contribution in [3.8, 4) is 0 Å². The molecule has 0 aromatic heterocycles. The maximum absolute atomic E-state index is 13.7. The number of carbonyl (C=O) groups is 1. The summed E-state index contributed by atoms with van der Waals surface area (Å²) < 4.78 is 64.7. The summed E-state index contributed by atoms with van der Waals surface area (Å²) in [6.45, 7) is 4.19. The van der Waals surface area contributed by atoms with E-state index in [-0.39, 0.29) is 32.0 Å². The van der Waals surface area contributed by atoms with Crippen LogP contribution in [-0.4, -0.2) is 42.2 Å². The van der Waals surface area contributed by atoms with Gasteiger partial charge in [-0.15, -0.1) is 0 Å². The van der Waals surface area contributed by atoms with Crippen molar-refractivity contribution in [3.05, 3.63) is 70.2 Å². The quantitative estimate of drug-likeness (QED) is 0.400. The van der Waals surface area contributed by atoms with Crippen molar-refractivity contribution in [2.24, 2.45) is 5.92 Å². The third-order valence-corrected chi connectivity index (χ3v) is 7.67. The Morgan fingerprint density at radius 3 is 2.46 bits per heavy atom. The van der Waals surface area contributed by atoms with Crippen LogP contribution in [0.3, 0.4) is 0 Å². The lowest BCUT2D eigenvalue weighted by Crippen LogP contribution is -2.60. The summed E-state index contributed by atoms with van der Waals surface area (Å²) in [5.74, 6) is -0.704. The van der Waals surface area contributed by atoms with E-state index in [4.69, 9.17) is 30.5 Å². The van der Waals surface area contributed by atoms with Gasteiger partial charge in [0.15, 0.2) is 11.4 Å². The third kappa shape index (κ3) is 6.95. The van der Waals surface area contributed by atoms with Gasteiger partial charge >= 0.3 is 6.18 Å². The largest absolute Gasteiger partial charge is 0.416 e. The Kier molecular flexibility index (Phi) is 8.01. The van der Waals surface area contributed by atoms with Gasteiger partial charge in [-0.05, 0) is 68.0 Å². The molecule has 2 aromatic carbocycles. The molecule has 3 aliphatic rings. The van der Waals surface area contributed by atoms with Crippen molar-refractivity contribution in [2.45, 2.75) is 88.6 Å². The highest BCUT2D eigenvalue weighted by Gasteiger charge is 2.58. The minimum atomic E-state index is -4.46. The number of hydrogen-bond donors (Lipinski definition) is 1. The molecule has 1 N–H and O–H groups in total. The standard InChI is InChI=1S/C29H33ClF3NO5/c1-27(2)38-24-14-28(26(35)34-15-18-9-10-18,37-17-20-6-4-8-22(30)12-20)13-23(25(24)39-27)36-16-19-5-3-7-21(11-19)29(31,32)33/h3-8,11-12,18,23-25H,9-10,13-17H2,1-2H3,(H,34,35)/t23-,24+,25-,28+/m0/s1. The number of ether oxygens (including phenoxy) is 4. The molecule has 2 aromatic rings. The second-order valence-electron chi connectivity index (χ2n) is 11.2. The van der Waals surface area contributed by atoms with Crippen molar-refractivity contribution in [1.82, 2.24) is 5.32 Å². The zero-order chi connectivity index (χ0) is 27.8. The van der Waals surface area contributed by atoms with Crippen LogP contribution in [0, 0.1) is 5.92 Å². The molecule has 39 heavy (non-hydrogen) atoms. The summed E-state index contributed by atoms with van der Waals surface area (Å²) in [6, 6.07) is 12.3. The predicted molar refractivity (Wildman–Crippen MR) is 138 cm³/mol. The smallest absolute Gasteiger partial charge is 0.371 e. The number of benzene rings is 2. The number of fused-ring (bicyclic) bond motifs is 1. The van der Waals surface area contributed by atoms with Crippen LogP contribution in [0.2, 0.25) is 5.02 Å². The fourth-order valence-electron chi connectivity index (χ4n) is 5.32. The number of halogens is 4. The van der Waals surface area contributed by atoms with Crippen molar-refractivity contribution >= 4 is 17.5 Å². The molecule has 0 radical (unpaired) electrons. The summed E-state index contributed by atoms with van der Waals surface area (Å²) in [4.78, 5) is 13.7. The first-order valence-corrected chi connectivity index (χ1v) is 13.6. The Bertz CT molecular complexity index is 1190. The fourth-order valence-corrected chi connectivity index (χ4v) is 5.53. The summed E-state index contributed by atoms with van der Waals surface area (Å²) in [5.41, 5.74) is -0.857. The molecule has 2 aliphatic carbocycles. The monoisotopic (exact) mass is 567 g/mol. The minimum absolute atomic E-state index is 0.0876. The fraction of sp³-hybridized carbons (Fsp3) is 0.552. The number of hydrogen-bond acceptors (Lipinski definition) is 5. The highest BCUT2D eigenvalue weighted by atomic mass is 35.5. The van der Waals surface area contributed by atoms with Gasteiger partial charge in [-0.25, -0.2) is 0 Å². The normalized spacial score (nSPS) is 28.2. The second-order valence-corrected chi connectivity index (χ2v) is 11.6. The Morgan fingerprint density at radius 2 is 1.77 bits per heavy atom. The van der Waals surface area contributed by atoms with E-state index in [1.165, 1.54) is 6.07 Å². The molecule has 4 atom stereocenters. The summed E-state index contributed by atoms with van der Waals surface area (Å²) in [7, 11) is 0. The van der Waals surface area contributed by atoms with E-state index in [2.05, 4.69) is 5.32 Å². The molecule has 2 saturated carbocycles. The summed E-state index contributed by atoms with van der Waals surface area (Å²) >= 11 is 6.16. The molecule has 1 amide bonds. The molecule has 1 saturated heterocycles. The van der Waals surface area contributed by atoms with Crippen LogP contribution in [0.15, 0.2) is 48.5 Å². The molecule has 1 aliphatic heterocycles. The second kappa shape index (κ2) is 11.0. The topological polar surface area (TPSA) is 66.0 Å². The minimum Gasteiger partial charge on any atom is -0.371 e. The van der Waals surface area contributed by atoms with E-state index in [1.54, 1.807) is 32.0 Å². The van der Waals surface area contributed by atoms with E-state index >= 15 is 0 Å². The molecular formula is C29H33ClF3NO5. The molecule has 0 bridgehead atoms. The van der Waals surface area contributed by atoms with Gasteiger partial charge in [-0.3, -0.25) is 4.79 Å². The van der Waals surface area contributed by atoms with Crippen molar-refractivity contribution in [2.75, 3.05) is 6.54 Å². The third-order valence-electron chi connectivity index (χ3n) is 7.43. The van der Waals surface area contributed by atoms with E-state index < -0.39 is 41.4 Å². The van der Waals surface area contributed by atoms with Gasteiger partial charge < -0.3 is 24.3 Å². The van der Waals surface area contributed by atoms with Crippen LogP contribution in [0.25, 0.3) is 0 Å². The Morgan fingerprint density at radius 1 is 1.05 bits per heavy atom. The van der Waals surface area contributed by atoms with Crippen LogP contribution < -0.4 is 5.32 Å². The van der Waals surface area contributed by atoms with Gasteiger partial charge in [0.1, 0.15) is 6.10 Å². The first-order valence-electron chi connectivity index (χ1n) is 13.2. The van der Waals surface area contributed by atoms with Crippen LogP contribution in [0.4, 0.5) is 13.2 Å². The maximum Gasteiger partial charge on any atom is 0.416 e. The van der Waals surface area contributed by atoms with Crippen molar-refractivity contribution in [3.63, 3.8) is 0 Å². The lowest BCUT2D eigenvalue weighted by molar-refractivity contribution is -0.183.